The Bertz CT molecular complexity index is 1010. The summed E-state index contributed by atoms with van der Waals surface area (Å²) in [6.45, 7) is 0.574. The number of thioether (sulfide) groups is 1. The first-order valence-electron chi connectivity index (χ1n) is 7.51. The van der Waals surface area contributed by atoms with Crippen LogP contribution in [0.2, 0.25) is 5.02 Å². The summed E-state index contributed by atoms with van der Waals surface area (Å²) in [5, 5.41) is 6.97. The number of hydrogen-bond donors (Lipinski definition) is 1. The highest BCUT2D eigenvalue weighted by atomic mass is 35.5. The van der Waals surface area contributed by atoms with Crippen molar-refractivity contribution in [2.24, 2.45) is 4.99 Å². The maximum atomic E-state index is 12.2. The molecular weight excluding hydrogens is 374 g/mol. The lowest BCUT2D eigenvalue weighted by Gasteiger charge is -2.01. The quantitative estimate of drug-likeness (QED) is 0.664. The predicted molar refractivity (Wildman–Crippen MR) is 106 cm³/mol. The number of carbonyl (C=O) groups is 1. The van der Waals surface area contributed by atoms with Gasteiger partial charge in [0, 0.05) is 16.5 Å². The standard InChI is InChI=1S/C18H12ClN3OS2/c19-14-5-6-20-15-4-3-11(8-13(14)15)9-16-17(23)22-18(25-16)21-10-12-2-1-7-24-12/h1-9H,10H2,(H,21,22,23). The van der Waals surface area contributed by atoms with E-state index in [-0.39, 0.29) is 5.91 Å². The number of aromatic nitrogens is 1. The Balaban J connectivity index is 1.58. The molecule has 0 aliphatic carbocycles. The van der Waals surface area contributed by atoms with Crippen molar-refractivity contribution in [3.05, 3.63) is 68.3 Å². The van der Waals surface area contributed by atoms with Gasteiger partial charge in [-0.1, -0.05) is 23.7 Å². The second kappa shape index (κ2) is 7.00. The third-order valence-corrected chi connectivity index (χ3v) is 5.76. The van der Waals surface area contributed by atoms with Crippen LogP contribution in [0.25, 0.3) is 17.0 Å². The van der Waals surface area contributed by atoms with Gasteiger partial charge >= 0.3 is 0 Å². The normalized spacial score (nSPS) is 17.6. The van der Waals surface area contributed by atoms with Gasteiger partial charge in [0.2, 0.25) is 0 Å². The van der Waals surface area contributed by atoms with Crippen molar-refractivity contribution < 1.29 is 4.79 Å². The van der Waals surface area contributed by atoms with Crippen molar-refractivity contribution >= 4 is 62.8 Å². The second-order valence-corrected chi connectivity index (χ2v) is 7.80. The van der Waals surface area contributed by atoms with Crippen molar-refractivity contribution in [2.75, 3.05) is 0 Å². The number of pyridine rings is 1. The minimum absolute atomic E-state index is 0.132. The molecule has 3 aromatic rings. The number of carbonyl (C=O) groups excluding carboxylic acids is 1. The van der Waals surface area contributed by atoms with Gasteiger partial charge in [-0.25, -0.2) is 0 Å². The lowest BCUT2D eigenvalue weighted by molar-refractivity contribution is -0.115. The Morgan fingerprint density at radius 1 is 1.28 bits per heavy atom. The van der Waals surface area contributed by atoms with Crippen molar-refractivity contribution in [3.8, 4) is 0 Å². The fourth-order valence-corrected chi connectivity index (χ4v) is 4.08. The number of hydrogen-bond acceptors (Lipinski definition) is 5. The molecule has 1 aliphatic rings. The monoisotopic (exact) mass is 385 g/mol. The highest BCUT2D eigenvalue weighted by Gasteiger charge is 2.23. The summed E-state index contributed by atoms with van der Waals surface area (Å²) in [7, 11) is 0. The number of fused-ring (bicyclic) bond motifs is 1. The van der Waals surface area contributed by atoms with E-state index in [9.17, 15) is 4.79 Å². The van der Waals surface area contributed by atoms with Crippen molar-refractivity contribution in [1.29, 1.82) is 0 Å². The van der Waals surface area contributed by atoms with E-state index in [1.54, 1.807) is 23.6 Å². The molecule has 1 saturated heterocycles. The SMILES string of the molecule is O=C1NC(=NCc2cccs2)SC1=Cc1ccc2nccc(Cl)c2c1. The Labute approximate surface area is 157 Å². The Hall–Kier alpha value is -2.15. The molecule has 124 valence electrons. The van der Waals surface area contributed by atoms with Gasteiger partial charge in [0.25, 0.3) is 5.91 Å². The molecule has 4 nitrogen and oxygen atoms in total. The Morgan fingerprint density at radius 2 is 2.20 bits per heavy atom. The zero-order chi connectivity index (χ0) is 17.2. The van der Waals surface area contributed by atoms with Crippen LogP contribution in [0.4, 0.5) is 0 Å². The molecule has 0 radical (unpaired) electrons. The van der Waals surface area contributed by atoms with Crippen LogP contribution in [0.3, 0.4) is 0 Å². The van der Waals surface area contributed by atoms with Crippen molar-refractivity contribution in [2.45, 2.75) is 6.54 Å². The van der Waals surface area contributed by atoms with E-state index in [1.807, 2.05) is 41.8 Å². The predicted octanol–water partition coefficient (Wildman–Crippen LogP) is 4.71. The molecule has 0 unspecified atom stereocenters. The summed E-state index contributed by atoms with van der Waals surface area (Å²) >= 11 is 9.23. The topological polar surface area (TPSA) is 54.4 Å². The van der Waals surface area contributed by atoms with Crippen LogP contribution in [-0.2, 0) is 11.3 Å². The average molecular weight is 386 g/mol. The third-order valence-electron chi connectivity index (χ3n) is 3.62. The Kier molecular flexibility index (Phi) is 4.57. The van der Waals surface area contributed by atoms with Crippen LogP contribution in [0.5, 0.6) is 0 Å². The van der Waals surface area contributed by atoms with Gasteiger partial charge in [0.1, 0.15) is 0 Å². The number of aliphatic imine (C=N–C) groups is 1. The largest absolute Gasteiger partial charge is 0.301 e. The van der Waals surface area contributed by atoms with Gasteiger partial charge in [-0.15, -0.1) is 11.3 Å². The van der Waals surface area contributed by atoms with Gasteiger partial charge in [-0.05, 0) is 53.0 Å². The minimum Gasteiger partial charge on any atom is -0.301 e. The molecule has 7 heteroatoms. The Morgan fingerprint density at radius 3 is 3.04 bits per heavy atom. The number of halogens is 1. The van der Waals surface area contributed by atoms with Gasteiger partial charge in [-0.3, -0.25) is 14.8 Å². The van der Waals surface area contributed by atoms with E-state index in [2.05, 4.69) is 15.3 Å². The van der Waals surface area contributed by atoms with Gasteiger partial charge < -0.3 is 5.32 Å². The average Bonchev–Trinajstić information content (AvgIpc) is 3.24. The van der Waals surface area contributed by atoms with Crippen LogP contribution in [0.1, 0.15) is 10.4 Å². The third kappa shape index (κ3) is 3.61. The maximum absolute atomic E-state index is 12.2. The maximum Gasteiger partial charge on any atom is 0.264 e. The smallest absolute Gasteiger partial charge is 0.264 e. The molecule has 1 fully saturated rings. The number of amidine groups is 1. The van der Waals surface area contributed by atoms with Crippen molar-refractivity contribution in [1.82, 2.24) is 10.3 Å². The highest BCUT2D eigenvalue weighted by Crippen LogP contribution is 2.28. The van der Waals surface area contributed by atoms with Crippen LogP contribution in [0.15, 0.2) is 57.9 Å². The number of amides is 1. The molecule has 1 aliphatic heterocycles. The zero-order valence-electron chi connectivity index (χ0n) is 12.9. The van der Waals surface area contributed by atoms with E-state index in [1.165, 1.54) is 11.8 Å². The summed E-state index contributed by atoms with van der Waals surface area (Å²) in [5.74, 6) is -0.132. The second-order valence-electron chi connectivity index (χ2n) is 5.33. The number of thiophene rings is 1. The molecule has 0 bridgehead atoms. The molecule has 0 atom stereocenters. The highest BCUT2D eigenvalue weighted by molar-refractivity contribution is 8.18. The van der Waals surface area contributed by atoms with Gasteiger partial charge in [-0.2, -0.15) is 0 Å². The number of benzene rings is 1. The molecule has 25 heavy (non-hydrogen) atoms. The number of nitrogens with one attached hydrogen (secondary N) is 1. The molecular formula is C18H12ClN3OS2. The molecule has 3 heterocycles. The summed E-state index contributed by atoms with van der Waals surface area (Å²) in [4.78, 5) is 22.7. The van der Waals surface area contributed by atoms with Crippen LogP contribution in [0, 0.1) is 0 Å². The lowest BCUT2D eigenvalue weighted by atomic mass is 10.1. The van der Waals surface area contributed by atoms with Gasteiger partial charge in [0.05, 0.1) is 22.0 Å². The first-order valence-corrected chi connectivity index (χ1v) is 9.58. The van der Waals surface area contributed by atoms with Crippen molar-refractivity contribution in [3.63, 3.8) is 0 Å². The summed E-state index contributed by atoms with van der Waals surface area (Å²) in [6, 6.07) is 11.5. The summed E-state index contributed by atoms with van der Waals surface area (Å²) in [5.41, 5.74) is 1.73. The molecule has 0 saturated carbocycles. The fraction of sp³-hybridized carbons (Fsp3) is 0.0556. The lowest BCUT2D eigenvalue weighted by Crippen LogP contribution is -2.19. The van der Waals surface area contributed by atoms with E-state index in [4.69, 9.17) is 11.6 Å². The first-order chi connectivity index (χ1) is 12.2. The molecule has 1 aromatic carbocycles. The number of rotatable bonds is 3. The molecule has 2 aromatic heterocycles. The van der Waals surface area contributed by atoms with Crippen LogP contribution < -0.4 is 5.32 Å². The number of nitrogens with zero attached hydrogens (tertiary/aromatic N) is 2. The van der Waals surface area contributed by atoms with E-state index in [0.29, 0.717) is 21.6 Å². The zero-order valence-corrected chi connectivity index (χ0v) is 15.3. The van der Waals surface area contributed by atoms with Crippen LogP contribution >= 0.6 is 34.7 Å². The molecule has 1 amide bonds. The van der Waals surface area contributed by atoms with Crippen LogP contribution in [-0.4, -0.2) is 16.1 Å². The first kappa shape index (κ1) is 16.3. The molecule has 1 N–H and O–H groups in total. The van der Waals surface area contributed by atoms with Gasteiger partial charge in [0.15, 0.2) is 5.17 Å². The molecule has 4 rings (SSSR count). The van der Waals surface area contributed by atoms with E-state index in [0.717, 1.165) is 21.3 Å². The summed E-state index contributed by atoms with van der Waals surface area (Å²) in [6.07, 6.45) is 3.52. The minimum atomic E-state index is -0.132. The summed E-state index contributed by atoms with van der Waals surface area (Å²) < 4.78 is 0. The molecule has 0 spiro atoms. The fourth-order valence-electron chi connectivity index (χ4n) is 2.43. The van der Waals surface area contributed by atoms with E-state index >= 15 is 0 Å². The van der Waals surface area contributed by atoms with E-state index < -0.39 is 0 Å².